The largest absolute Gasteiger partial charge is 0.358 e. The van der Waals surface area contributed by atoms with Gasteiger partial charge in [-0.1, -0.05) is 23.8 Å². The molecule has 31 heavy (non-hydrogen) atoms. The Morgan fingerprint density at radius 2 is 1.97 bits per heavy atom. The molecule has 2 aromatic carbocycles. The van der Waals surface area contributed by atoms with Gasteiger partial charge in [-0.2, -0.15) is 0 Å². The summed E-state index contributed by atoms with van der Waals surface area (Å²) in [5.41, 5.74) is 6.41. The normalized spacial score (nSPS) is 10.9. The van der Waals surface area contributed by atoms with Crippen LogP contribution in [0.2, 0.25) is 0 Å². The minimum Gasteiger partial charge on any atom is -0.358 e. The molecule has 0 aliphatic rings. The molecule has 0 atom stereocenters. The third kappa shape index (κ3) is 5.09. The van der Waals surface area contributed by atoms with Gasteiger partial charge in [0, 0.05) is 35.0 Å². The number of anilines is 1. The van der Waals surface area contributed by atoms with E-state index < -0.39 is 0 Å². The van der Waals surface area contributed by atoms with Gasteiger partial charge in [-0.15, -0.1) is 0 Å². The Kier molecular flexibility index (Phi) is 6.28. The number of thiocarbonyl (C=S) groups is 1. The van der Waals surface area contributed by atoms with Gasteiger partial charge in [-0.3, -0.25) is 4.98 Å². The van der Waals surface area contributed by atoms with Crippen molar-refractivity contribution in [2.75, 3.05) is 11.9 Å². The molecule has 158 valence electrons. The first kappa shape index (κ1) is 21.0. The van der Waals surface area contributed by atoms with Gasteiger partial charge >= 0.3 is 0 Å². The fraction of sp³-hybridized carbons (Fsp3) is 0.200. The van der Waals surface area contributed by atoms with Crippen LogP contribution in [-0.4, -0.2) is 26.5 Å². The summed E-state index contributed by atoms with van der Waals surface area (Å²) in [5, 5.41) is 4.97. The maximum absolute atomic E-state index is 13.6. The van der Waals surface area contributed by atoms with E-state index in [4.69, 9.17) is 12.2 Å². The number of nitrogens with zero attached hydrogens (tertiary/aromatic N) is 2. The maximum Gasteiger partial charge on any atom is 0.173 e. The average Bonchev–Trinajstić information content (AvgIpc) is 3.06. The van der Waals surface area contributed by atoms with E-state index in [0.29, 0.717) is 23.9 Å². The van der Waals surface area contributed by atoms with E-state index >= 15 is 0 Å². The highest BCUT2D eigenvalue weighted by Crippen LogP contribution is 2.24. The lowest BCUT2D eigenvalue weighted by atomic mass is 10.1. The molecule has 0 fully saturated rings. The van der Waals surface area contributed by atoms with Crippen molar-refractivity contribution in [3.63, 3.8) is 0 Å². The summed E-state index contributed by atoms with van der Waals surface area (Å²) in [7, 11) is 0. The minimum absolute atomic E-state index is 0.297. The number of fused-ring (bicyclic) bond motifs is 1. The number of H-pyrrole nitrogens is 1. The Labute approximate surface area is 187 Å². The molecule has 4 rings (SSSR count). The third-order valence-electron chi connectivity index (χ3n) is 5.35. The summed E-state index contributed by atoms with van der Waals surface area (Å²) in [6.07, 6.45) is 2.61. The third-order valence-corrected chi connectivity index (χ3v) is 5.71. The van der Waals surface area contributed by atoms with E-state index in [2.05, 4.69) is 52.2 Å². The number of aromatic amines is 1. The number of aryl methyl sites for hydroxylation is 2. The van der Waals surface area contributed by atoms with E-state index in [9.17, 15) is 4.39 Å². The van der Waals surface area contributed by atoms with Gasteiger partial charge in [0.05, 0.1) is 12.2 Å². The van der Waals surface area contributed by atoms with Crippen LogP contribution >= 0.6 is 12.2 Å². The van der Waals surface area contributed by atoms with Crippen molar-refractivity contribution in [1.82, 2.24) is 14.9 Å². The van der Waals surface area contributed by atoms with Gasteiger partial charge in [0.2, 0.25) is 0 Å². The van der Waals surface area contributed by atoms with Gasteiger partial charge in [0.1, 0.15) is 5.82 Å². The predicted octanol–water partition coefficient (Wildman–Crippen LogP) is 5.76. The number of nitrogens with one attached hydrogen (secondary N) is 2. The second kappa shape index (κ2) is 9.27. The molecule has 2 N–H and O–H groups in total. The summed E-state index contributed by atoms with van der Waals surface area (Å²) >= 11 is 5.70. The first-order valence-corrected chi connectivity index (χ1v) is 10.7. The molecule has 0 aliphatic heterocycles. The molecule has 0 spiro atoms. The van der Waals surface area contributed by atoms with Gasteiger partial charge in [0.25, 0.3) is 0 Å². The van der Waals surface area contributed by atoms with E-state index in [0.717, 1.165) is 17.6 Å². The Morgan fingerprint density at radius 3 is 2.74 bits per heavy atom. The van der Waals surface area contributed by atoms with Crippen LogP contribution in [-0.2, 0) is 13.0 Å². The number of halogens is 1. The smallest absolute Gasteiger partial charge is 0.173 e. The Bertz CT molecular complexity index is 1200. The molecule has 0 saturated heterocycles. The molecule has 0 radical (unpaired) electrons. The van der Waals surface area contributed by atoms with E-state index in [-0.39, 0.29) is 5.82 Å². The monoisotopic (exact) mass is 432 g/mol. The Hall–Kier alpha value is -3.25. The first-order valence-electron chi connectivity index (χ1n) is 10.3. The molecule has 0 unspecified atom stereocenters. The first-order chi connectivity index (χ1) is 15.0. The van der Waals surface area contributed by atoms with Crippen LogP contribution in [0.15, 0.2) is 66.9 Å². The lowest BCUT2D eigenvalue weighted by Crippen LogP contribution is -2.36. The zero-order valence-electron chi connectivity index (χ0n) is 17.7. The number of rotatable bonds is 6. The predicted molar refractivity (Wildman–Crippen MR) is 129 cm³/mol. The van der Waals surface area contributed by atoms with Crippen molar-refractivity contribution in [1.29, 1.82) is 0 Å². The highest BCUT2D eigenvalue weighted by Gasteiger charge is 2.15. The fourth-order valence-electron chi connectivity index (χ4n) is 3.77. The summed E-state index contributed by atoms with van der Waals surface area (Å²) in [5.74, 6) is -0.297. The summed E-state index contributed by atoms with van der Waals surface area (Å²) in [6, 6.07) is 18.7. The Balaban J connectivity index is 1.56. The minimum atomic E-state index is -0.297. The molecule has 0 aliphatic carbocycles. The quantitative estimate of drug-likeness (QED) is 0.380. The Morgan fingerprint density at radius 1 is 1.10 bits per heavy atom. The molecular weight excluding hydrogens is 407 g/mol. The van der Waals surface area contributed by atoms with Crippen LogP contribution in [0, 0.1) is 19.7 Å². The van der Waals surface area contributed by atoms with Gasteiger partial charge in [0.15, 0.2) is 5.11 Å². The molecule has 0 amide bonds. The second-order valence-electron chi connectivity index (χ2n) is 7.71. The zero-order chi connectivity index (χ0) is 21.8. The van der Waals surface area contributed by atoms with Crippen LogP contribution in [0.4, 0.5) is 10.1 Å². The maximum atomic E-state index is 13.6. The van der Waals surface area contributed by atoms with E-state index in [1.807, 2.05) is 18.2 Å². The molecule has 6 heteroatoms. The van der Waals surface area contributed by atoms with Crippen LogP contribution in [0.1, 0.15) is 22.5 Å². The lowest BCUT2D eigenvalue weighted by molar-refractivity contribution is 0.417. The van der Waals surface area contributed by atoms with Crippen molar-refractivity contribution in [3.8, 4) is 0 Å². The summed E-state index contributed by atoms with van der Waals surface area (Å²) in [4.78, 5) is 10.0. The van der Waals surface area contributed by atoms with Gasteiger partial charge in [-0.25, -0.2) is 4.39 Å². The molecule has 0 bridgehead atoms. The van der Waals surface area contributed by atoms with E-state index in [1.165, 1.54) is 34.3 Å². The molecular formula is C25H25FN4S. The van der Waals surface area contributed by atoms with Crippen molar-refractivity contribution >= 4 is 33.9 Å². The highest BCUT2D eigenvalue weighted by molar-refractivity contribution is 7.80. The standard InChI is InChI=1S/C25H25FN4S/c1-17-9-10-24-23(14-17)22(18(2)28-24)11-13-30(16-21-7-3-4-12-27-21)25(31)29-20-8-5-6-19(26)15-20/h3-10,12,14-15,28H,11,13,16H2,1-2H3,(H,29,31). The van der Waals surface area contributed by atoms with Crippen molar-refractivity contribution in [3.05, 3.63) is 95.2 Å². The molecule has 4 aromatic rings. The topological polar surface area (TPSA) is 44.0 Å². The number of benzene rings is 2. The summed E-state index contributed by atoms with van der Waals surface area (Å²) in [6.45, 7) is 5.50. The van der Waals surface area contributed by atoms with E-state index in [1.54, 1.807) is 18.3 Å². The van der Waals surface area contributed by atoms with Crippen LogP contribution in [0.3, 0.4) is 0 Å². The van der Waals surface area contributed by atoms with Crippen molar-refractivity contribution < 1.29 is 4.39 Å². The van der Waals surface area contributed by atoms with Gasteiger partial charge < -0.3 is 15.2 Å². The number of aromatic nitrogens is 2. The highest BCUT2D eigenvalue weighted by atomic mass is 32.1. The van der Waals surface area contributed by atoms with Crippen LogP contribution in [0.5, 0.6) is 0 Å². The fourth-order valence-corrected chi connectivity index (χ4v) is 4.05. The second-order valence-corrected chi connectivity index (χ2v) is 8.10. The van der Waals surface area contributed by atoms with Crippen molar-refractivity contribution in [2.24, 2.45) is 0 Å². The molecule has 0 saturated carbocycles. The lowest BCUT2D eigenvalue weighted by Gasteiger charge is -2.26. The number of hydrogen-bond donors (Lipinski definition) is 2. The van der Waals surface area contributed by atoms with Crippen LogP contribution in [0.25, 0.3) is 10.9 Å². The molecule has 4 nitrogen and oxygen atoms in total. The summed E-state index contributed by atoms with van der Waals surface area (Å²) < 4.78 is 13.6. The SMILES string of the molecule is Cc1ccc2[nH]c(C)c(CCN(Cc3ccccn3)C(=S)Nc3cccc(F)c3)c2c1. The van der Waals surface area contributed by atoms with Gasteiger partial charge in [-0.05, 0) is 80.5 Å². The number of pyridine rings is 1. The van der Waals surface area contributed by atoms with Crippen molar-refractivity contribution in [2.45, 2.75) is 26.8 Å². The average molecular weight is 433 g/mol. The zero-order valence-corrected chi connectivity index (χ0v) is 18.5. The molecule has 2 heterocycles. The number of hydrogen-bond acceptors (Lipinski definition) is 2. The van der Waals surface area contributed by atoms with Crippen LogP contribution < -0.4 is 5.32 Å². The molecule has 2 aromatic heterocycles.